The summed E-state index contributed by atoms with van der Waals surface area (Å²) in [6.07, 6.45) is 0.604. The number of likely N-dealkylation sites (N-methyl/N-ethyl adjacent to an activating group) is 1. The first-order valence-corrected chi connectivity index (χ1v) is 7.13. The van der Waals surface area contributed by atoms with Crippen molar-refractivity contribution < 1.29 is 8.78 Å². The second-order valence-electron chi connectivity index (χ2n) is 5.40. The van der Waals surface area contributed by atoms with E-state index in [1.807, 2.05) is 16.7 Å². The lowest BCUT2D eigenvalue weighted by molar-refractivity contribution is -0.132. The summed E-state index contributed by atoms with van der Waals surface area (Å²) in [5, 5.41) is 0. The summed E-state index contributed by atoms with van der Waals surface area (Å²) < 4.78 is 28.3. The molecule has 0 aliphatic carbocycles. The molecular weight excluding hydrogens is 236 g/mol. The lowest BCUT2D eigenvalue weighted by Gasteiger charge is -2.46. The number of halogens is 2. The van der Waals surface area contributed by atoms with E-state index in [1.165, 1.54) is 0 Å². The molecule has 0 amide bonds. The van der Waals surface area contributed by atoms with Gasteiger partial charge in [0.25, 0.3) is 5.92 Å². The van der Waals surface area contributed by atoms with Crippen LogP contribution in [0.5, 0.6) is 0 Å². The van der Waals surface area contributed by atoms with Crippen LogP contribution in [0.1, 0.15) is 20.3 Å². The Morgan fingerprint density at radius 3 is 2.06 bits per heavy atom. The fourth-order valence-electron chi connectivity index (χ4n) is 3.11. The lowest BCUT2D eigenvalue weighted by atomic mass is 9.98. The number of piperazine rings is 1. The third-order valence-electron chi connectivity index (χ3n) is 4.38. The van der Waals surface area contributed by atoms with Crippen molar-refractivity contribution in [3.63, 3.8) is 0 Å². The van der Waals surface area contributed by atoms with Gasteiger partial charge in [0, 0.05) is 32.7 Å². The highest BCUT2D eigenvalue weighted by Gasteiger charge is 2.47. The first-order chi connectivity index (χ1) is 8.56. The number of alkyl halides is 2. The topological polar surface area (TPSA) is 9.72 Å². The van der Waals surface area contributed by atoms with Gasteiger partial charge in [-0.1, -0.05) is 13.8 Å². The maximum Gasteiger partial charge on any atom is 0.275 e. The van der Waals surface area contributed by atoms with Gasteiger partial charge in [-0.25, -0.2) is 8.78 Å². The van der Waals surface area contributed by atoms with Gasteiger partial charge in [-0.3, -0.25) is 9.80 Å². The molecule has 0 saturated carbocycles. The van der Waals surface area contributed by atoms with Crippen LogP contribution in [0.2, 0.25) is 0 Å². The van der Waals surface area contributed by atoms with Crippen LogP contribution in [-0.2, 0) is 0 Å². The molecule has 0 aromatic rings. The fourth-order valence-corrected chi connectivity index (χ4v) is 3.11. The van der Waals surface area contributed by atoms with Gasteiger partial charge in [-0.05, 0) is 19.5 Å². The molecule has 0 bridgehead atoms. The molecule has 0 spiro atoms. The molecule has 0 radical (unpaired) electrons. The highest BCUT2D eigenvalue weighted by Crippen LogP contribution is 2.31. The molecule has 2 rings (SSSR count). The van der Waals surface area contributed by atoms with Gasteiger partial charge in [0.2, 0.25) is 0 Å². The molecule has 2 aliphatic heterocycles. The summed E-state index contributed by atoms with van der Waals surface area (Å²) in [6, 6.07) is -0.542. The fraction of sp³-hybridized carbons (Fsp3) is 1.00. The Morgan fingerprint density at radius 2 is 1.56 bits per heavy atom. The second-order valence-corrected chi connectivity index (χ2v) is 5.40. The van der Waals surface area contributed by atoms with Crippen LogP contribution in [0.3, 0.4) is 0 Å². The molecule has 0 aromatic heterocycles. The van der Waals surface area contributed by atoms with Crippen LogP contribution in [0.15, 0.2) is 0 Å². The third-order valence-corrected chi connectivity index (χ3v) is 4.38. The van der Waals surface area contributed by atoms with Gasteiger partial charge >= 0.3 is 0 Å². The summed E-state index contributed by atoms with van der Waals surface area (Å²) in [6.45, 7) is 10.0. The van der Waals surface area contributed by atoms with Crippen molar-refractivity contribution in [1.82, 2.24) is 14.7 Å². The van der Waals surface area contributed by atoms with Crippen LogP contribution in [0.4, 0.5) is 8.78 Å². The molecule has 5 heteroatoms. The quantitative estimate of drug-likeness (QED) is 0.759. The van der Waals surface area contributed by atoms with E-state index in [0.717, 1.165) is 45.8 Å². The molecule has 0 N–H and O–H groups in total. The van der Waals surface area contributed by atoms with Crippen LogP contribution in [-0.4, -0.2) is 79.0 Å². The Morgan fingerprint density at radius 1 is 0.944 bits per heavy atom. The monoisotopic (exact) mass is 261 g/mol. The van der Waals surface area contributed by atoms with E-state index in [4.69, 9.17) is 0 Å². The maximum absolute atomic E-state index is 14.2. The van der Waals surface area contributed by atoms with Crippen molar-refractivity contribution in [3.8, 4) is 0 Å². The third kappa shape index (κ3) is 3.00. The second kappa shape index (κ2) is 5.80. The molecule has 18 heavy (non-hydrogen) atoms. The van der Waals surface area contributed by atoms with E-state index in [9.17, 15) is 8.78 Å². The molecule has 2 heterocycles. The zero-order chi connectivity index (χ0) is 13.2. The van der Waals surface area contributed by atoms with Crippen LogP contribution in [0.25, 0.3) is 0 Å². The summed E-state index contributed by atoms with van der Waals surface area (Å²) >= 11 is 0. The molecule has 2 saturated heterocycles. The zero-order valence-corrected chi connectivity index (χ0v) is 11.5. The molecule has 1 atom stereocenters. The van der Waals surface area contributed by atoms with Gasteiger partial charge in [-0.15, -0.1) is 0 Å². The predicted octanol–water partition coefficient (Wildman–Crippen LogP) is 1.35. The van der Waals surface area contributed by atoms with Gasteiger partial charge in [0.15, 0.2) is 0 Å². The van der Waals surface area contributed by atoms with E-state index in [-0.39, 0.29) is 6.54 Å². The normalized spacial score (nSPS) is 31.7. The highest BCUT2D eigenvalue weighted by molar-refractivity contribution is 4.94. The van der Waals surface area contributed by atoms with E-state index in [2.05, 4.69) is 11.8 Å². The van der Waals surface area contributed by atoms with Crippen molar-refractivity contribution in [2.24, 2.45) is 0 Å². The van der Waals surface area contributed by atoms with E-state index < -0.39 is 12.0 Å². The molecular formula is C13H25F2N3. The summed E-state index contributed by atoms with van der Waals surface area (Å²) in [7, 11) is 0. The number of hydrogen-bond acceptors (Lipinski definition) is 3. The van der Waals surface area contributed by atoms with E-state index >= 15 is 0 Å². The van der Waals surface area contributed by atoms with E-state index in [1.54, 1.807) is 0 Å². The molecule has 1 unspecified atom stereocenters. The SMILES string of the molecule is CCN1CCN(C2CCN(CC)CC2(F)F)CC1. The first-order valence-electron chi connectivity index (χ1n) is 7.13. The minimum atomic E-state index is -2.55. The predicted molar refractivity (Wildman–Crippen MR) is 69.2 cm³/mol. The Kier molecular flexibility index (Phi) is 4.56. The first kappa shape index (κ1) is 14.2. The summed E-state index contributed by atoms with van der Waals surface area (Å²) in [4.78, 5) is 6.20. The Hall–Kier alpha value is -0.260. The number of piperidine rings is 1. The van der Waals surface area contributed by atoms with Crippen molar-refractivity contribution in [1.29, 1.82) is 0 Å². The van der Waals surface area contributed by atoms with E-state index in [0.29, 0.717) is 6.42 Å². The standard InChI is InChI=1S/C13H25F2N3/c1-3-16-7-9-18(10-8-16)12-5-6-17(4-2)11-13(12,14)15/h12H,3-11H2,1-2H3. The largest absolute Gasteiger partial charge is 0.301 e. The van der Waals surface area contributed by atoms with Crippen LogP contribution >= 0.6 is 0 Å². The highest BCUT2D eigenvalue weighted by atomic mass is 19.3. The maximum atomic E-state index is 14.2. The van der Waals surface area contributed by atoms with Crippen LogP contribution in [0, 0.1) is 0 Å². The van der Waals surface area contributed by atoms with Gasteiger partial charge < -0.3 is 4.90 Å². The number of rotatable bonds is 3. The number of nitrogens with zero attached hydrogens (tertiary/aromatic N) is 3. The minimum absolute atomic E-state index is 0.0673. The van der Waals surface area contributed by atoms with Crippen molar-refractivity contribution >= 4 is 0 Å². The van der Waals surface area contributed by atoms with Crippen LogP contribution < -0.4 is 0 Å². The summed E-state index contributed by atoms with van der Waals surface area (Å²) in [5.74, 6) is -2.55. The Balaban J connectivity index is 1.93. The Bertz CT molecular complexity index is 265. The average Bonchev–Trinajstić information content (AvgIpc) is 2.38. The average molecular weight is 261 g/mol. The number of hydrogen-bond donors (Lipinski definition) is 0. The molecule has 2 fully saturated rings. The van der Waals surface area contributed by atoms with Crippen molar-refractivity contribution in [3.05, 3.63) is 0 Å². The summed E-state index contributed by atoms with van der Waals surface area (Å²) in [5.41, 5.74) is 0. The molecule has 0 aromatic carbocycles. The lowest BCUT2D eigenvalue weighted by Crippen LogP contribution is -2.61. The Labute approximate surface area is 109 Å². The van der Waals surface area contributed by atoms with Gasteiger partial charge in [0.1, 0.15) is 0 Å². The molecule has 3 nitrogen and oxygen atoms in total. The zero-order valence-electron chi connectivity index (χ0n) is 11.5. The van der Waals surface area contributed by atoms with Crippen molar-refractivity contribution in [2.45, 2.75) is 32.2 Å². The van der Waals surface area contributed by atoms with Gasteiger partial charge in [-0.2, -0.15) is 0 Å². The van der Waals surface area contributed by atoms with Gasteiger partial charge in [0.05, 0.1) is 12.6 Å². The smallest absolute Gasteiger partial charge is 0.275 e. The molecule has 106 valence electrons. The minimum Gasteiger partial charge on any atom is -0.301 e. The van der Waals surface area contributed by atoms with Crippen molar-refractivity contribution in [2.75, 3.05) is 52.4 Å². The molecule has 2 aliphatic rings. The number of likely N-dealkylation sites (tertiary alicyclic amines) is 1.